The first-order valence-electron chi connectivity index (χ1n) is 10.5. The van der Waals surface area contributed by atoms with Crippen molar-refractivity contribution < 1.29 is 28.6 Å². The zero-order valence-corrected chi connectivity index (χ0v) is 20.2. The second-order valence-corrected chi connectivity index (χ2v) is 8.73. The third-order valence-corrected chi connectivity index (χ3v) is 6.13. The Balaban J connectivity index is 1.43. The molecule has 0 N–H and O–H groups in total. The van der Waals surface area contributed by atoms with E-state index >= 15 is 0 Å². The van der Waals surface area contributed by atoms with Crippen LogP contribution in [0.15, 0.2) is 77.7 Å². The highest BCUT2D eigenvalue weighted by Crippen LogP contribution is 2.34. The highest BCUT2D eigenvalue weighted by Gasteiger charge is 2.34. The van der Waals surface area contributed by atoms with Crippen LogP contribution in [0.1, 0.15) is 15.9 Å². The van der Waals surface area contributed by atoms with Gasteiger partial charge in [0.2, 0.25) is 0 Å². The molecule has 0 bridgehead atoms. The molecule has 0 atom stereocenters. The SMILES string of the molecule is COc1cc(/C=C2\SC(=O)N(CCOc3ccccc3)C2=O)ccc1OC(=O)c1ccc(Cl)cc1. The molecule has 3 aromatic rings. The molecule has 0 aromatic heterocycles. The lowest BCUT2D eigenvalue weighted by atomic mass is 10.1. The van der Waals surface area contributed by atoms with Gasteiger partial charge in [-0.15, -0.1) is 0 Å². The number of ether oxygens (including phenoxy) is 3. The maximum atomic E-state index is 12.8. The molecule has 0 spiro atoms. The molecule has 0 radical (unpaired) electrons. The van der Waals surface area contributed by atoms with Crippen LogP contribution in [-0.2, 0) is 4.79 Å². The lowest BCUT2D eigenvalue weighted by Gasteiger charge is -2.13. The van der Waals surface area contributed by atoms with Crippen LogP contribution in [0.2, 0.25) is 5.02 Å². The average molecular weight is 510 g/mol. The standard InChI is InChI=1S/C26H20ClNO6S/c1-32-22-15-17(7-12-21(22)34-25(30)18-8-10-19(27)11-9-18)16-23-24(29)28(26(31)35-23)13-14-33-20-5-3-2-4-6-20/h2-12,15-16H,13-14H2,1H3/b23-16-. The summed E-state index contributed by atoms with van der Waals surface area (Å²) in [6, 6.07) is 20.3. The van der Waals surface area contributed by atoms with E-state index < -0.39 is 11.9 Å². The van der Waals surface area contributed by atoms with Crippen molar-refractivity contribution in [3.8, 4) is 17.2 Å². The van der Waals surface area contributed by atoms with Gasteiger partial charge in [-0.05, 0) is 71.9 Å². The Morgan fingerprint density at radius 3 is 2.46 bits per heavy atom. The summed E-state index contributed by atoms with van der Waals surface area (Å²) < 4.78 is 16.4. The summed E-state index contributed by atoms with van der Waals surface area (Å²) >= 11 is 6.71. The zero-order chi connectivity index (χ0) is 24.8. The fourth-order valence-electron chi connectivity index (χ4n) is 3.22. The number of benzene rings is 3. The molecule has 1 saturated heterocycles. The summed E-state index contributed by atoms with van der Waals surface area (Å²) in [6.07, 6.45) is 1.59. The monoisotopic (exact) mass is 509 g/mol. The van der Waals surface area contributed by atoms with Crippen molar-refractivity contribution in [1.29, 1.82) is 0 Å². The van der Waals surface area contributed by atoms with Crippen molar-refractivity contribution >= 4 is 46.6 Å². The number of para-hydroxylation sites is 1. The van der Waals surface area contributed by atoms with Gasteiger partial charge in [0.15, 0.2) is 11.5 Å². The molecular weight excluding hydrogens is 490 g/mol. The predicted molar refractivity (Wildman–Crippen MR) is 134 cm³/mol. The van der Waals surface area contributed by atoms with Gasteiger partial charge in [0.25, 0.3) is 11.1 Å². The first-order chi connectivity index (χ1) is 16.9. The molecule has 7 nitrogen and oxygen atoms in total. The Morgan fingerprint density at radius 1 is 1.00 bits per heavy atom. The van der Waals surface area contributed by atoms with Gasteiger partial charge in [0.1, 0.15) is 12.4 Å². The first kappa shape index (κ1) is 24.4. The second kappa shape index (κ2) is 11.1. The van der Waals surface area contributed by atoms with Crippen LogP contribution in [0, 0.1) is 0 Å². The number of amides is 2. The molecule has 0 unspecified atom stereocenters. The number of halogens is 1. The molecule has 0 saturated carbocycles. The molecule has 9 heteroatoms. The van der Waals surface area contributed by atoms with Crippen molar-refractivity contribution in [3.63, 3.8) is 0 Å². The van der Waals surface area contributed by atoms with Crippen LogP contribution in [0.25, 0.3) is 6.08 Å². The van der Waals surface area contributed by atoms with E-state index in [-0.39, 0.29) is 29.0 Å². The largest absolute Gasteiger partial charge is 0.493 e. The van der Waals surface area contributed by atoms with Crippen LogP contribution in [-0.4, -0.2) is 42.3 Å². The maximum Gasteiger partial charge on any atom is 0.343 e. The van der Waals surface area contributed by atoms with E-state index in [4.69, 9.17) is 25.8 Å². The van der Waals surface area contributed by atoms with Crippen LogP contribution < -0.4 is 14.2 Å². The predicted octanol–water partition coefficient (Wildman–Crippen LogP) is 5.68. The van der Waals surface area contributed by atoms with Crippen molar-refractivity contribution in [2.24, 2.45) is 0 Å². The number of thioether (sulfide) groups is 1. The van der Waals surface area contributed by atoms with Gasteiger partial charge < -0.3 is 14.2 Å². The van der Waals surface area contributed by atoms with Gasteiger partial charge >= 0.3 is 5.97 Å². The number of esters is 1. The number of imide groups is 1. The van der Waals surface area contributed by atoms with Crippen LogP contribution in [0.5, 0.6) is 17.2 Å². The molecule has 3 aromatic carbocycles. The Hall–Kier alpha value is -3.75. The van der Waals surface area contributed by atoms with Gasteiger partial charge in [0.05, 0.1) is 24.1 Å². The number of nitrogens with zero attached hydrogens (tertiary/aromatic N) is 1. The van der Waals surface area contributed by atoms with E-state index in [1.165, 1.54) is 7.11 Å². The number of methoxy groups -OCH3 is 1. The van der Waals surface area contributed by atoms with Crippen molar-refractivity contribution in [2.75, 3.05) is 20.3 Å². The van der Waals surface area contributed by atoms with E-state index in [2.05, 4.69) is 0 Å². The molecule has 1 heterocycles. The number of hydrogen-bond acceptors (Lipinski definition) is 7. The Labute approximate surface area is 211 Å². The summed E-state index contributed by atoms with van der Waals surface area (Å²) in [4.78, 5) is 39.0. The maximum absolute atomic E-state index is 12.8. The molecule has 35 heavy (non-hydrogen) atoms. The lowest BCUT2D eigenvalue weighted by Crippen LogP contribution is -2.32. The molecule has 1 aliphatic heterocycles. The summed E-state index contributed by atoms with van der Waals surface area (Å²) in [5.41, 5.74) is 0.949. The van der Waals surface area contributed by atoms with E-state index in [9.17, 15) is 14.4 Å². The Bertz CT molecular complexity index is 1280. The van der Waals surface area contributed by atoms with Crippen molar-refractivity contribution in [3.05, 3.63) is 93.9 Å². The number of carbonyl (C=O) groups excluding carboxylic acids is 3. The summed E-state index contributed by atoms with van der Waals surface area (Å²) in [7, 11) is 1.44. The summed E-state index contributed by atoms with van der Waals surface area (Å²) in [6.45, 7) is 0.330. The van der Waals surface area contributed by atoms with Gasteiger partial charge in [0, 0.05) is 5.02 Å². The molecule has 1 fully saturated rings. The van der Waals surface area contributed by atoms with Gasteiger partial charge in [-0.3, -0.25) is 14.5 Å². The van der Waals surface area contributed by atoms with E-state index in [0.717, 1.165) is 16.7 Å². The minimum absolute atomic E-state index is 0.139. The Kier molecular flexibility index (Phi) is 7.74. The normalized spacial score (nSPS) is 14.3. The molecule has 4 rings (SSSR count). The van der Waals surface area contributed by atoms with E-state index in [1.54, 1.807) is 60.7 Å². The first-order valence-corrected chi connectivity index (χ1v) is 11.7. The smallest absolute Gasteiger partial charge is 0.343 e. The molecule has 178 valence electrons. The van der Waals surface area contributed by atoms with E-state index in [0.29, 0.717) is 27.6 Å². The minimum Gasteiger partial charge on any atom is -0.493 e. The molecular formula is C26H20ClNO6S. The second-order valence-electron chi connectivity index (χ2n) is 7.30. The van der Waals surface area contributed by atoms with Gasteiger partial charge in [-0.1, -0.05) is 35.9 Å². The van der Waals surface area contributed by atoms with Crippen molar-refractivity contribution in [1.82, 2.24) is 4.90 Å². The molecule has 0 aliphatic carbocycles. The third kappa shape index (κ3) is 6.03. The van der Waals surface area contributed by atoms with Crippen LogP contribution in [0.4, 0.5) is 4.79 Å². The van der Waals surface area contributed by atoms with E-state index in [1.807, 2.05) is 18.2 Å². The quantitative estimate of drug-likeness (QED) is 0.219. The van der Waals surface area contributed by atoms with Crippen LogP contribution in [0.3, 0.4) is 0 Å². The number of carbonyl (C=O) groups is 3. The molecule has 2 amide bonds. The number of hydrogen-bond donors (Lipinski definition) is 0. The fraction of sp³-hybridized carbons (Fsp3) is 0.115. The lowest BCUT2D eigenvalue weighted by molar-refractivity contribution is -0.123. The molecule has 1 aliphatic rings. The minimum atomic E-state index is -0.563. The Morgan fingerprint density at radius 2 is 1.74 bits per heavy atom. The van der Waals surface area contributed by atoms with Gasteiger partial charge in [-0.2, -0.15) is 0 Å². The zero-order valence-electron chi connectivity index (χ0n) is 18.6. The average Bonchev–Trinajstić information content (AvgIpc) is 3.13. The summed E-state index contributed by atoms with van der Waals surface area (Å²) in [5.74, 6) is 0.228. The highest BCUT2D eigenvalue weighted by molar-refractivity contribution is 8.18. The fourth-order valence-corrected chi connectivity index (χ4v) is 4.21. The third-order valence-electron chi connectivity index (χ3n) is 4.97. The van der Waals surface area contributed by atoms with Crippen LogP contribution >= 0.6 is 23.4 Å². The highest BCUT2D eigenvalue weighted by atomic mass is 35.5. The van der Waals surface area contributed by atoms with Gasteiger partial charge in [-0.25, -0.2) is 4.79 Å². The topological polar surface area (TPSA) is 82.1 Å². The summed E-state index contributed by atoms with van der Waals surface area (Å²) in [5, 5.41) is 0.148. The van der Waals surface area contributed by atoms with Crippen molar-refractivity contribution in [2.45, 2.75) is 0 Å². The number of rotatable bonds is 8.